The lowest BCUT2D eigenvalue weighted by molar-refractivity contribution is -0.384. The molecule has 0 spiro atoms. The molecule has 3 N–H and O–H groups in total. The van der Waals surface area contributed by atoms with Crippen LogP contribution in [0.15, 0.2) is 59.7 Å². The number of aromatic nitrogens is 1. The molecule has 0 amide bonds. The monoisotopic (exact) mass is 549 g/mol. The fourth-order valence-corrected chi connectivity index (χ4v) is 3.74. The number of hydrogen-bond donors (Lipinski definition) is 3. The molecular weight excluding hydrogens is 521 g/mol. The molecule has 1 aliphatic heterocycles. The molecule has 0 bridgehead atoms. The second-order valence-electron chi connectivity index (χ2n) is 7.64. The first-order valence-electron chi connectivity index (χ1n) is 10.6. The zero-order valence-electron chi connectivity index (χ0n) is 17.8. The second-order valence-corrected chi connectivity index (χ2v) is 7.64. The van der Waals surface area contributed by atoms with Crippen molar-refractivity contribution in [3.63, 3.8) is 0 Å². The Balaban J connectivity index is 0.00000289. The predicted molar refractivity (Wildman–Crippen MR) is 137 cm³/mol. The fourth-order valence-electron chi connectivity index (χ4n) is 3.74. The highest BCUT2D eigenvalue weighted by molar-refractivity contribution is 14.0. The largest absolute Gasteiger partial charge is 0.376 e. The zero-order valence-corrected chi connectivity index (χ0v) is 20.1. The molecule has 4 rings (SSSR count). The summed E-state index contributed by atoms with van der Waals surface area (Å²) < 4.78 is 5.70. The number of hydrogen-bond acceptors (Lipinski definition) is 4. The maximum atomic E-state index is 10.8. The molecule has 3 aromatic rings. The van der Waals surface area contributed by atoms with Gasteiger partial charge in [0.15, 0.2) is 5.96 Å². The van der Waals surface area contributed by atoms with E-state index in [1.54, 1.807) is 12.1 Å². The average molecular weight is 549 g/mol. The van der Waals surface area contributed by atoms with Gasteiger partial charge in [-0.25, -0.2) is 4.99 Å². The smallest absolute Gasteiger partial charge is 0.269 e. The molecule has 9 heteroatoms. The SMILES string of the molecule is I.O=[N+]([O-])c1ccc(CN=C(NCCc2c[nH]c3ccccc23)NCC2CCCO2)cc1. The lowest BCUT2D eigenvalue weighted by Gasteiger charge is -2.15. The Labute approximate surface area is 204 Å². The van der Waals surface area contributed by atoms with E-state index >= 15 is 0 Å². The van der Waals surface area contributed by atoms with Crippen LogP contribution >= 0.6 is 24.0 Å². The Morgan fingerprint density at radius 3 is 2.75 bits per heavy atom. The van der Waals surface area contributed by atoms with Gasteiger partial charge in [-0.3, -0.25) is 10.1 Å². The molecular formula is C23H28IN5O3. The van der Waals surface area contributed by atoms with E-state index in [9.17, 15) is 10.1 Å². The summed E-state index contributed by atoms with van der Waals surface area (Å²) in [7, 11) is 0. The number of aromatic amines is 1. The molecule has 2 heterocycles. The number of ether oxygens (including phenoxy) is 1. The number of nitro benzene ring substituents is 1. The van der Waals surface area contributed by atoms with Crippen molar-refractivity contribution in [3.05, 3.63) is 76.0 Å². The number of H-pyrrole nitrogens is 1. The number of benzene rings is 2. The highest BCUT2D eigenvalue weighted by Gasteiger charge is 2.15. The third-order valence-corrected chi connectivity index (χ3v) is 5.45. The summed E-state index contributed by atoms with van der Waals surface area (Å²) >= 11 is 0. The van der Waals surface area contributed by atoms with Crippen LogP contribution in [-0.4, -0.2) is 41.7 Å². The van der Waals surface area contributed by atoms with E-state index in [0.717, 1.165) is 43.5 Å². The third kappa shape index (κ3) is 6.42. The van der Waals surface area contributed by atoms with Crippen molar-refractivity contribution in [1.82, 2.24) is 15.6 Å². The number of nitrogens with zero attached hydrogens (tertiary/aromatic N) is 2. The molecule has 2 aromatic carbocycles. The molecule has 0 saturated carbocycles. The Morgan fingerprint density at radius 1 is 1.19 bits per heavy atom. The van der Waals surface area contributed by atoms with Gasteiger partial charge in [0, 0.05) is 48.9 Å². The topological polar surface area (TPSA) is 105 Å². The van der Waals surface area contributed by atoms with E-state index in [0.29, 0.717) is 19.0 Å². The van der Waals surface area contributed by atoms with Gasteiger partial charge < -0.3 is 20.4 Å². The van der Waals surface area contributed by atoms with Crippen molar-refractivity contribution in [2.45, 2.75) is 31.9 Å². The quantitative estimate of drug-likeness (QED) is 0.129. The summed E-state index contributed by atoms with van der Waals surface area (Å²) in [6.07, 6.45) is 5.27. The minimum absolute atomic E-state index is 0. The van der Waals surface area contributed by atoms with Crippen molar-refractivity contribution in [2.75, 3.05) is 19.7 Å². The first-order valence-corrected chi connectivity index (χ1v) is 10.6. The van der Waals surface area contributed by atoms with E-state index in [1.165, 1.54) is 23.1 Å². The molecule has 1 aromatic heterocycles. The van der Waals surface area contributed by atoms with Crippen LogP contribution in [0.25, 0.3) is 10.9 Å². The number of halogens is 1. The zero-order chi connectivity index (χ0) is 21.5. The van der Waals surface area contributed by atoms with Gasteiger partial charge >= 0.3 is 0 Å². The standard InChI is InChI=1S/C23H27N5O3.HI/c29-28(30)19-9-7-17(8-10-19)14-26-23(27-16-20-4-3-13-31-20)24-12-11-18-15-25-22-6-2-1-5-21(18)22;/h1-2,5-10,15,20,25H,3-4,11-14,16H2,(H2,24,26,27);1H. The number of fused-ring (bicyclic) bond motifs is 1. The maximum Gasteiger partial charge on any atom is 0.269 e. The molecule has 1 fully saturated rings. The average Bonchev–Trinajstić information content (AvgIpc) is 3.46. The van der Waals surface area contributed by atoms with Gasteiger partial charge in [-0.2, -0.15) is 0 Å². The Morgan fingerprint density at radius 2 is 2.00 bits per heavy atom. The summed E-state index contributed by atoms with van der Waals surface area (Å²) in [4.78, 5) is 18.4. The van der Waals surface area contributed by atoms with Crippen LogP contribution in [0.5, 0.6) is 0 Å². The van der Waals surface area contributed by atoms with Gasteiger partial charge in [0.2, 0.25) is 0 Å². The number of para-hydroxylation sites is 1. The summed E-state index contributed by atoms with van der Waals surface area (Å²) in [5.74, 6) is 0.716. The Kier molecular flexibility index (Phi) is 8.86. The third-order valence-electron chi connectivity index (χ3n) is 5.45. The van der Waals surface area contributed by atoms with E-state index in [2.05, 4.69) is 38.9 Å². The molecule has 1 saturated heterocycles. The minimum atomic E-state index is -0.395. The van der Waals surface area contributed by atoms with Crippen LogP contribution in [0.4, 0.5) is 5.69 Å². The first kappa shape index (κ1) is 24.0. The lowest BCUT2D eigenvalue weighted by atomic mass is 10.1. The molecule has 0 aliphatic carbocycles. The normalized spacial score (nSPS) is 16.0. The van der Waals surface area contributed by atoms with Crippen LogP contribution < -0.4 is 10.6 Å². The van der Waals surface area contributed by atoms with E-state index in [1.807, 2.05) is 12.1 Å². The highest BCUT2D eigenvalue weighted by atomic mass is 127. The van der Waals surface area contributed by atoms with Gasteiger partial charge in [-0.1, -0.05) is 30.3 Å². The van der Waals surface area contributed by atoms with Crippen LogP contribution in [0.3, 0.4) is 0 Å². The molecule has 1 atom stereocenters. The van der Waals surface area contributed by atoms with E-state index in [-0.39, 0.29) is 35.8 Å². The molecule has 170 valence electrons. The number of guanidine groups is 1. The Bertz CT molecular complexity index is 1050. The van der Waals surface area contributed by atoms with Crippen LogP contribution in [0, 0.1) is 10.1 Å². The van der Waals surface area contributed by atoms with Crippen molar-refractivity contribution in [3.8, 4) is 0 Å². The predicted octanol–water partition coefficient (Wildman–Crippen LogP) is 4.15. The Hall–Kier alpha value is -2.66. The van der Waals surface area contributed by atoms with Crippen molar-refractivity contribution in [2.24, 2.45) is 4.99 Å². The molecule has 1 unspecified atom stereocenters. The van der Waals surface area contributed by atoms with Crippen LogP contribution in [0.2, 0.25) is 0 Å². The molecule has 8 nitrogen and oxygen atoms in total. The number of rotatable bonds is 8. The minimum Gasteiger partial charge on any atom is -0.376 e. The molecule has 32 heavy (non-hydrogen) atoms. The van der Waals surface area contributed by atoms with E-state index in [4.69, 9.17) is 4.74 Å². The van der Waals surface area contributed by atoms with Gasteiger partial charge in [0.25, 0.3) is 5.69 Å². The van der Waals surface area contributed by atoms with E-state index < -0.39 is 4.92 Å². The molecule has 0 radical (unpaired) electrons. The van der Waals surface area contributed by atoms with Gasteiger partial charge in [-0.05, 0) is 36.5 Å². The molecule has 1 aliphatic rings. The van der Waals surface area contributed by atoms with Gasteiger partial charge in [0.05, 0.1) is 17.6 Å². The van der Waals surface area contributed by atoms with Crippen LogP contribution in [0.1, 0.15) is 24.0 Å². The second kappa shape index (κ2) is 11.8. The fraction of sp³-hybridized carbons (Fsp3) is 0.348. The van der Waals surface area contributed by atoms with Crippen molar-refractivity contribution >= 4 is 46.5 Å². The lowest BCUT2D eigenvalue weighted by Crippen LogP contribution is -2.41. The summed E-state index contributed by atoms with van der Waals surface area (Å²) in [5, 5.41) is 18.9. The number of nitrogens with one attached hydrogen (secondary N) is 3. The number of aliphatic imine (C=N–C) groups is 1. The highest BCUT2D eigenvalue weighted by Crippen LogP contribution is 2.18. The van der Waals surface area contributed by atoms with Gasteiger partial charge in [0.1, 0.15) is 0 Å². The van der Waals surface area contributed by atoms with Crippen molar-refractivity contribution < 1.29 is 9.66 Å². The first-order chi connectivity index (χ1) is 15.2. The number of nitro groups is 1. The maximum absolute atomic E-state index is 10.8. The summed E-state index contributed by atoms with van der Waals surface area (Å²) in [5.41, 5.74) is 3.40. The summed E-state index contributed by atoms with van der Waals surface area (Å²) in [6.45, 7) is 2.69. The van der Waals surface area contributed by atoms with Crippen molar-refractivity contribution in [1.29, 1.82) is 0 Å². The van der Waals surface area contributed by atoms with Crippen LogP contribution in [-0.2, 0) is 17.7 Å². The number of non-ortho nitro benzene ring substituents is 1. The summed E-state index contributed by atoms with van der Waals surface area (Å²) in [6, 6.07) is 14.8. The van der Waals surface area contributed by atoms with Gasteiger partial charge in [-0.15, -0.1) is 24.0 Å².